The number of anilines is 2. The number of rotatable bonds is 6. The zero-order valence-electron chi connectivity index (χ0n) is 12.8. The summed E-state index contributed by atoms with van der Waals surface area (Å²) in [5, 5.41) is 1.05. The lowest BCUT2D eigenvalue weighted by molar-refractivity contribution is 0.596. The Labute approximate surface area is 121 Å². The summed E-state index contributed by atoms with van der Waals surface area (Å²) >= 11 is 0. The standard InChI is InChI=1S/C17H25N3/c1-4-6-12-20(13(3)5-2)16-10-9-15-14(17(16)18)8-7-11-19-15/h7-11,13H,4-6,12,18H2,1-3H3. The second-order valence-corrected chi connectivity index (χ2v) is 5.37. The molecule has 1 heterocycles. The fourth-order valence-electron chi connectivity index (χ4n) is 2.54. The highest BCUT2D eigenvalue weighted by molar-refractivity contribution is 5.97. The van der Waals surface area contributed by atoms with Crippen molar-refractivity contribution in [3.63, 3.8) is 0 Å². The van der Waals surface area contributed by atoms with Gasteiger partial charge in [-0.1, -0.05) is 20.3 Å². The van der Waals surface area contributed by atoms with Crippen LogP contribution < -0.4 is 10.6 Å². The van der Waals surface area contributed by atoms with Crippen molar-refractivity contribution in [2.75, 3.05) is 17.2 Å². The van der Waals surface area contributed by atoms with E-state index in [1.165, 1.54) is 12.8 Å². The number of hydrogen-bond acceptors (Lipinski definition) is 3. The van der Waals surface area contributed by atoms with Crippen LogP contribution in [0.25, 0.3) is 10.9 Å². The first-order valence-corrected chi connectivity index (χ1v) is 7.58. The van der Waals surface area contributed by atoms with Gasteiger partial charge in [0.2, 0.25) is 0 Å². The Morgan fingerprint density at radius 1 is 1.25 bits per heavy atom. The molecule has 20 heavy (non-hydrogen) atoms. The zero-order chi connectivity index (χ0) is 14.5. The average Bonchev–Trinajstić information content (AvgIpc) is 2.49. The Hall–Kier alpha value is -1.77. The van der Waals surface area contributed by atoms with Crippen LogP contribution in [0, 0.1) is 0 Å². The van der Waals surface area contributed by atoms with E-state index in [1.54, 1.807) is 0 Å². The number of nitrogens with two attached hydrogens (primary N) is 1. The summed E-state index contributed by atoms with van der Waals surface area (Å²) in [5.41, 5.74) is 9.37. The van der Waals surface area contributed by atoms with E-state index in [9.17, 15) is 0 Å². The Balaban J connectivity index is 2.44. The highest BCUT2D eigenvalue weighted by Crippen LogP contribution is 2.32. The van der Waals surface area contributed by atoms with Crippen molar-refractivity contribution < 1.29 is 0 Å². The maximum Gasteiger partial charge on any atom is 0.0724 e. The predicted octanol–water partition coefficient (Wildman–Crippen LogP) is 4.22. The lowest BCUT2D eigenvalue weighted by Gasteiger charge is -2.32. The Morgan fingerprint density at radius 3 is 2.75 bits per heavy atom. The summed E-state index contributed by atoms with van der Waals surface area (Å²) in [6, 6.07) is 8.69. The largest absolute Gasteiger partial charge is 0.396 e. The number of nitrogens with zero attached hydrogens (tertiary/aromatic N) is 2. The van der Waals surface area contributed by atoms with Gasteiger partial charge in [-0.3, -0.25) is 4.98 Å². The van der Waals surface area contributed by atoms with E-state index in [1.807, 2.05) is 12.3 Å². The van der Waals surface area contributed by atoms with Crippen molar-refractivity contribution >= 4 is 22.3 Å². The number of unbranched alkanes of at least 4 members (excludes halogenated alkanes) is 1. The second-order valence-electron chi connectivity index (χ2n) is 5.37. The number of fused-ring (bicyclic) bond motifs is 1. The van der Waals surface area contributed by atoms with Crippen molar-refractivity contribution in [2.45, 2.75) is 46.1 Å². The van der Waals surface area contributed by atoms with Gasteiger partial charge in [0.1, 0.15) is 0 Å². The molecule has 2 N–H and O–H groups in total. The molecule has 0 bridgehead atoms. The molecule has 1 aromatic carbocycles. The molecule has 0 spiro atoms. The molecular formula is C17H25N3. The van der Waals surface area contributed by atoms with E-state index in [0.717, 1.165) is 35.2 Å². The maximum atomic E-state index is 6.40. The fourth-order valence-corrected chi connectivity index (χ4v) is 2.54. The average molecular weight is 271 g/mol. The van der Waals surface area contributed by atoms with Gasteiger partial charge >= 0.3 is 0 Å². The van der Waals surface area contributed by atoms with E-state index < -0.39 is 0 Å². The van der Waals surface area contributed by atoms with Crippen molar-refractivity contribution in [2.24, 2.45) is 0 Å². The van der Waals surface area contributed by atoms with Crippen LogP contribution in [0.2, 0.25) is 0 Å². The first-order chi connectivity index (χ1) is 9.69. The van der Waals surface area contributed by atoms with Crippen LogP contribution in [-0.4, -0.2) is 17.6 Å². The summed E-state index contributed by atoms with van der Waals surface area (Å²) < 4.78 is 0. The highest BCUT2D eigenvalue weighted by Gasteiger charge is 2.16. The van der Waals surface area contributed by atoms with Gasteiger partial charge < -0.3 is 10.6 Å². The van der Waals surface area contributed by atoms with Crippen LogP contribution in [0.1, 0.15) is 40.0 Å². The van der Waals surface area contributed by atoms with Gasteiger partial charge in [-0.2, -0.15) is 0 Å². The minimum Gasteiger partial charge on any atom is -0.396 e. The number of aromatic nitrogens is 1. The maximum absolute atomic E-state index is 6.40. The van der Waals surface area contributed by atoms with Gasteiger partial charge in [0.05, 0.1) is 16.9 Å². The first-order valence-electron chi connectivity index (χ1n) is 7.58. The number of nitrogen functional groups attached to an aromatic ring is 1. The molecule has 3 heteroatoms. The number of hydrogen-bond donors (Lipinski definition) is 1. The molecule has 2 rings (SSSR count). The lowest BCUT2D eigenvalue weighted by Crippen LogP contribution is -2.34. The third kappa shape index (κ3) is 2.87. The van der Waals surface area contributed by atoms with Crippen LogP contribution in [0.5, 0.6) is 0 Å². The van der Waals surface area contributed by atoms with E-state index in [2.05, 4.69) is 48.9 Å². The molecule has 0 aliphatic heterocycles. The molecule has 0 saturated carbocycles. The molecule has 1 unspecified atom stereocenters. The van der Waals surface area contributed by atoms with Crippen LogP contribution in [0.4, 0.5) is 11.4 Å². The minimum atomic E-state index is 0.498. The molecule has 0 radical (unpaired) electrons. The summed E-state index contributed by atoms with van der Waals surface area (Å²) in [6.45, 7) is 7.77. The van der Waals surface area contributed by atoms with E-state index >= 15 is 0 Å². The first kappa shape index (κ1) is 14.6. The third-order valence-electron chi connectivity index (χ3n) is 3.99. The molecule has 0 saturated heterocycles. The van der Waals surface area contributed by atoms with Crippen LogP contribution in [0.15, 0.2) is 30.5 Å². The number of pyridine rings is 1. The van der Waals surface area contributed by atoms with Gasteiger partial charge in [-0.25, -0.2) is 0 Å². The fraction of sp³-hybridized carbons (Fsp3) is 0.471. The smallest absolute Gasteiger partial charge is 0.0724 e. The minimum absolute atomic E-state index is 0.498. The van der Waals surface area contributed by atoms with E-state index in [4.69, 9.17) is 5.73 Å². The monoisotopic (exact) mass is 271 g/mol. The predicted molar refractivity (Wildman–Crippen MR) is 88.2 cm³/mol. The molecule has 2 aromatic rings. The Morgan fingerprint density at radius 2 is 2.05 bits per heavy atom. The molecule has 0 amide bonds. The zero-order valence-corrected chi connectivity index (χ0v) is 12.8. The summed E-state index contributed by atoms with van der Waals surface area (Å²) in [4.78, 5) is 6.81. The topological polar surface area (TPSA) is 42.2 Å². The van der Waals surface area contributed by atoms with Gasteiger partial charge in [0.25, 0.3) is 0 Å². The normalized spacial score (nSPS) is 12.6. The van der Waals surface area contributed by atoms with E-state index in [-0.39, 0.29) is 0 Å². The van der Waals surface area contributed by atoms with Crippen molar-refractivity contribution in [3.8, 4) is 0 Å². The van der Waals surface area contributed by atoms with Gasteiger partial charge in [-0.05, 0) is 44.0 Å². The molecule has 1 atom stereocenters. The van der Waals surface area contributed by atoms with Crippen LogP contribution in [0.3, 0.4) is 0 Å². The van der Waals surface area contributed by atoms with Crippen molar-refractivity contribution in [1.29, 1.82) is 0 Å². The highest BCUT2D eigenvalue weighted by atomic mass is 15.2. The molecular weight excluding hydrogens is 246 g/mol. The summed E-state index contributed by atoms with van der Waals surface area (Å²) in [7, 11) is 0. The van der Waals surface area contributed by atoms with Crippen LogP contribution in [-0.2, 0) is 0 Å². The Kier molecular flexibility index (Phi) is 4.83. The Bertz CT molecular complexity index is 565. The molecule has 1 aromatic heterocycles. The molecule has 3 nitrogen and oxygen atoms in total. The molecule has 108 valence electrons. The number of benzene rings is 1. The molecule has 0 aliphatic rings. The van der Waals surface area contributed by atoms with Crippen molar-refractivity contribution in [3.05, 3.63) is 30.5 Å². The third-order valence-corrected chi connectivity index (χ3v) is 3.99. The summed E-state index contributed by atoms with van der Waals surface area (Å²) in [6.07, 6.45) is 5.32. The second kappa shape index (κ2) is 6.60. The van der Waals surface area contributed by atoms with E-state index in [0.29, 0.717) is 6.04 Å². The van der Waals surface area contributed by atoms with Crippen LogP contribution >= 0.6 is 0 Å². The van der Waals surface area contributed by atoms with Gasteiger partial charge in [0.15, 0.2) is 0 Å². The quantitative estimate of drug-likeness (QED) is 0.800. The molecule has 0 fully saturated rings. The lowest BCUT2D eigenvalue weighted by atomic mass is 10.1. The van der Waals surface area contributed by atoms with Gasteiger partial charge in [0, 0.05) is 24.2 Å². The van der Waals surface area contributed by atoms with Gasteiger partial charge in [-0.15, -0.1) is 0 Å². The van der Waals surface area contributed by atoms with Crippen molar-refractivity contribution in [1.82, 2.24) is 4.98 Å². The SMILES string of the molecule is CCCCN(c1ccc2ncccc2c1N)C(C)CC. The molecule has 0 aliphatic carbocycles. The summed E-state index contributed by atoms with van der Waals surface area (Å²) in [5.74, 6) is 0.